The predicted molar refractivity (Wildman–Crippen MR) is 111 cm³/mol. The van der Waals surface area contributed by atoms with E-state index < -0.39 is 6.10 Å². The molecule has 1 aliphatic rings. The van der Waals surface area contributed by atoms with Gasteiger partial charge in [-0.1, -0.05) is 0 Å². The third kappa shape index (κ3) is 2.92. The van der Waals surface area contributed by atoms with Gasteiger partial charge in [-0.15, -0.1) is 0 Å². The van der Waals surface area contributed by atoms with E-state index >= 15 is 0 Å². The summed E-state index contributed by atoms with van der Waals surface area (Å²) in [6.07, 6.45) is 6.79. The maximum Gasteiger partial charge on any atom is 0.166 e. The summed E-state index contributed by atoms with van der Waals surface area (Å²) in [5.74, 6) is 1.15. The highest BCUT2D eigenvalue weighted by Gasteiger charge is 2.23. The van der Waals surface area contributed by atoms with Crippen molar-refractivity contribution in [2.24, 2.45) is 0 Å². The fourth-order valence-electron chi connectivity index (χ4n) is 3.98. The highest BCUT2D eigenvalue weighted by Crippen LogP contribution is 2.36. The first-order chi connectivity index (χ1) is 14.5. The number of anilines is 1. The number of hydrogen-bond donors (Lipinski definition) is 1. The molecule has 5 rings (SSSR count). The van der Waals surface area contributed by atoms with Gasteiger partial charge in [0.1, 0.15) is 17.7 Å². The summed E-state index contributed by atoms with van der Waals surface area (Å²) >= 11 is 0. The quantitative estimate of drug-likeness (QED) is 0.517. The number of pyridine rings is 1. The molecule has 1 unspecified atom stereocenters. The summed E-state index contributed by atoms with van der Waals surface area (Å²) in [6, 6.07) is 6.54. The van der Waals surface area contributed by atoms with E-state index in [-0.39, 0.29) is 11.6 Å². The van der Waals surface area contributed by atoms with E-state index in [1.807, 2.05) is 41.6 Å². The van der Waals surface area contributed by atoms with Crippen molar-refractivity contribution in [1.82, 2.24) is 24.3 Å². The number of ether oxygens (including phenoxy) is 1. The summed E-state index contributed by atoms with van der Waals surface area (Å²) in [7, 11) is 0. The smallest absolute Gasteiger partial charge is 0.166 e. The number of aromatic nitrogens is 5. The second-order valence-corrected chi connectivity index (χ2v) is 7.31. The molecule has 0 saturated carbocycles. The Morgan fingerprint density at radius 2 is 2.10 bits per heavy atom. The number of imidazole rings is 1. The van der Waals surface area contributed by atoms with Crippen LogP contribution in [0.3, 0.4) is 0 Å². The van der Waals surface area contributed by atoms with Gasteiger partial charge >= 0.3 is 0 Å². The number of aryl methyl sites for hydroxylation is 1. The molecule has 2 bridgehead atoms. The fraction of sp³-hybridized carbons (Fsp3) is 0.227. The fourth-order valence-corrected chi connectivity index (χ4v) is 3.98. The van der Waals surface area contributed by atoms with E-state index in [4.69, 9.17) is 10.5 Å². The molecule has 2 N–H and O–H groups in total. The van der Waals surface area contributed by atoms with Gasteiger partial charge in [-0.05, 0) is 38.1 Å². The van der Waals surface area contributed by atoms with Crippen LogP contribution >= 0.6 is 0 Å². The third-order valence-corrected chi connectivity index (χ3v) is 5.42. The van der Waals surface area contributed by atoms with Crippen molar-refractivity contribution in [2.45, 2.75) is 33.0 Å². The van der Waals surface area contributed by atoms with Crippen LogP contribution in [0.15, 0.2) is 49.1 Å². The largest absolute Gasteiger partial charge is 0.482 e. The van der Waals surface area contributed by atoms with Gasteiger partial charge in [0, 0.05) is 47.4 Å². The molecule has 7 nitrogen and oxygen atoms in total. The maximum atomic E-state index is 14.1. The molecule has 0 amide bonds. The molecule has 0 radical (unpaired) electrons. The zero-order valence-electron chi connectivity index (χ0n) is 16.7. The standard InChI is InChI=1S/C22H21FN6O/c1-3-29-20-14-8-19(21(24)26-10-14)30-13(2)18-9-16(23)4-5-17(18)22-25-6-7-28(22)12-15(20)11-27-29/h4-11,13H,3,12H2,1-2H3,(H2,24,26). The zero-order valence-corrected chi connectivity index (χ0v) is 16.7. The average molecular weight is 404 g/mol. The predicted octanol–water partition coefficient (Wildman–Crippen LogP) is 4.05. The average Bonchev–Trinajstić information content (AvgIpc) is 3.36. The minimum Gasteiger partial charge on any atom is -0.482 e. The molecule has 0 saturated heterocycles. The van der Waals surface area contributed by atoms with E-state index in [1.54, 1.807) is 18.5 Å². The second-order valence-electron chi connectivity index (χ2n) is 7.31. The van der Waals surface area contributed by atoms with E-state index in [9.17, 15) is 4.39 Å². The number of benzene rings is 1. The van der Waals surface area contributed by atoms with Gasteiger partial charge in [0.25, 0.3) is 0 Å². The van der Waals surface area contributed by atoms with Crippen LogP contribution in [0.2, 0.25) is 0 Å². The summed E-state index contributed by atoms with van der Waals surface area (Å²) in [5, 5.41) is 4.54. The Hall–Kier alpha value is -3.68. The minimum absolute atomic E-state index is 0.284. The Kier molecular flexibility index (Phi) is 4.27. The van der Waals surface area contributed by atoms with Crippen LogP contribution in [0.1, 0.15) is 31.1 Å². The molecule has 0 fully saturated rings. The first kappa shape index (κ1) is 18.4. The van der Waals surface area contributed by atoms with E-state index in [1.165, 1.54) is 12.1 Å². The topological polar surface area (TPSA) is 83.8 Å². The number of hydrogen-bond acceptors (Lipinski definition) is 5. The molecule has 0 spiro atoms. The number of nitrogens with zero attached hydrogens (tertiary/aromatic N) is 5. The highest BCUT2D eigenvalue weighted by atomic mass is 19.1. The Morgan fingerprint density at radius 1 is 1.23 bits per heavy atom. The molecule has 4 heterocycles. The van der Waals surface area contributed by atoms with E-state index in [2.05, 4.69) is 15.1 Å². The van der Waals surface area contributed by atoms with Gasteiger partial charge in [0.15, 0.2) is 11.6 Å². The summed E-state index contributed by atoms with van der Waals surface area (Å²) in [5.41, 5.74) is 10.4. The Bertz CT molecular complexity index is 1240. The van der Waals surface area contributed by atoms with Gasteiger partial charge in [-0.2, -0.15) is 5.10 Å². The highest BCUT2D eigenvalue weighted by molar-refractivity contribution is 5.68. The number of rotatable bonds is 1. The molecule has 8 heteroatoms. The lowest BCUT2D eigenvalue weighted by Crippen LogP contribution is -2.11. The summed E-state index contributed by atoms with van der Waals surface area (Å²) < 4.78 is 24.3. The molecule has 4 aromatic rings. The second kappa shape index (κ2) is 6.98. The van der Waals surface area contributed by atoms with Gasteiger partial charge in [0.2, 0.25) is 0 Å². The van der Waals surface area contributed by atoms with Crippen molar-refractivity contribution >= 4 is 5.82 Å². The maximum absolute atomic E-state index is 14.1. The zero-order chi connectivity index (χ0) is 20.8. The number of nitrogens with two attached hydrogens (primary N) is 1. The summed E-state index contributed by atoms with van der Waals surface area (Å²) in [6.45, 7) is 5.19. The monoisotopic (exact) mass is 404 g/mol. The van der Waals surface area contributed by atoms with Gasteiger partial charge in [0.05, 0.1) is 18.4 Å². The van der Waals surface area contributed by atoms with Crippen molar-refractivity contribution < 1.29 is 9.13 Å². The van der Waals surface area contributed by atoms with Gasteiger partial charge in [-0.3, -0.25) is 4.68 Å². The molecule has 1 atom stereocenters. The molecule has 1 aliphatic heterocycles. The Morgan fingerprint density at radius 3 is 2.93 bits per heavy atom. The summed E-state index contributed by atoms with van der Waals surface area (Å²) in [4.78, 5) is 8.90. The Labute approximate surface area is 173 Å². The van der Waals surface area contributed by atoms with Gasteiger partial charge in [-0.25, -0.2) is 14.4 Å². The lowest BCUT2D eigenvalue weighted by Gasteiger charge is -2.21. The number of halogens is 1. The van der Waals surface area contributed by atoms with Crippen molar-refractivity contribution in [3.05, 3.63) is 66.0 Å². The van der Waals surface area contributed by atoms with Crippen molar-refractivity contribution in [2.75, 3.05) is 5.73 Å². The molecular weight excluding hydrogens is 383 g/mol. The Balaban J connectivity index is 1.79. The molecule has 3 aromatic heterocycles. The first-order valence-corrected chi connectivity index (χ1v) is 9.83. The van der Waals surface area contributed by atoms with Crippen molar-refractivity contribution in [3.8, 4) is 28.4 Å². The molecule has 30 heavy (non-hydrogen) atoms. The van der Waals surface area contributed by atoms with Crippen LogP contribution < -0.4 is 10.5 Å². The van der Waals surface area contributed by atoms with Crippen LogP contribution in [0.4, 0.5) is 10.2 Å². The lowest BCUT2D eigenvalue weighted by molar-refractivity contribution is 0.227. The molecule has 0 aliphatic carbocycles. The lowest BCUT2D eigenvalue weighted by atomic mass is 10.0. The van der Waals surface area contributed by atoms with E-state index in [0.717, 1.165) is 28.2 Å². The minimum atomic E-state index is -0.463. The molecule has 1 aromatic carbocycles. The van der Waals surface area contributed by atoms with Crippen LogP contribution in [0, 0.1) is 5.82 Å². The number of nitrogen functional groups attached to an aromatic ring is 1. The van der Waals surface area contributed by atoms with Crippen LogP contribution in [-0.2, 0) is 13.1 Å². The molecule has 152 valence electrons. The number of fused-ring (bicyclic) bond motifs is 7. The van der Waals surface area contributed by atoms with Crippen LogP contribution in [0.5, 0.6) is 5.75 Å². The van der Waals surface area contributed by atoms with Crippen LogP contribution in [-0.4, -0.2) is 24.3 Å². The normalized spacial score (nSPS) is 15.2. The van der Waals surface area contributed by atoms with E-state index in [0.29, 0.717) is 24.4 Å². The SMILES string of the molecule is CCn1ncc2c1-c1cnc(N)c(c1)OC(C)c1cc(F)ccc1-c1nccn1C2. The van der Waals surface area contributed by atoms with Crippen molar-refractivity contribution in [1.29, 1.82) is 0 Å². The van der Waals surface area contributed by atoms with Gasteiger partial charge < -0.3 is 15.0 Å². The molecular formula is C22H21FN6O. The van der Waals surface area contributed by atoms with Crippen LogP contribution in [0.25, 0.3) is 22.6 Å². The van der Waals surface area contributed by atoms with Crippen molar-refractivity contribution in [3.63, 3.8) is 0 Å². The first-order valence-electron chi connectivity index (χ1n) is 9.83. The third-order valence-electron chi connectivity index (χ3n) is 5.42.